The number of carboxylic acids is 1. The number of hydrogen-bond donors (Lipinski definition) is 2. The zero-order chi connectivity index (χ0) is 10.9. The molecule has 14 heavy (non-hydrogen) atoms. The zero-order valence-corrected chi connectivity index (χ0v) is 8.53. The molecule has 0 saturated heterocycles. The Hall–Kier alpha value is -1.51. The average Bonchev–Trinajstić information content (AvgIpc) is 2.09. The molecule has 0 heterocycles. The van der Waals surface area contributed by atoms with Crippen LogP contribution in [-0.2, 0) is 10.2 Å². The first-order valence-corrected chi connectivity index (χ1v) is 4.40. The van der Waals surface area contributed by atoms with Crippen LogP contribution < -0.4 is 0 Å². The number of rotatable bonds is 2. The normalized spacial score (nSPS) is 11.4. The molecule has 0 amide bonds. The topological polar surface area (TPSA) is 57.5 Å². The molecule has 0 spiro atoms. The number of phenols is 1. The summed E-state index contributed by atoms with van der Waals surface area (Å²) in [5.74, 6) is -0.761. The van der Waals surface area contributed by atoms with Crippen LogP contribution in [0.15, 0.2) is 18.2 Å². The molecule has 3 heteroatoms. The average molecular weight is 194 g/mol. The summed E-state index contributed by atoms with van der Waals surface area (Å²) >= 11 is 0. The van der Waals surface area contributed by atoms with Crippen molar-refractivity contribution in [2.75, 3.05) is 0 Å². The summed E-state index contributed by atoms with van der Waals surface area (Å²) in [6, 6.07) is 4.93. The lowest BCUT2D eigenvalue weighted by Crippen LogP contribution is -2.29. The molecule has 3 nitrogen and oxygen atoms in total. The third-order valence-electron chi connectivity index (χ3n) is 2.51. The van der Waals surface area contributed by atoms with E-state index in [4.69, 9.17) is 5.11 Å². The Labute approximate surface area is 83.0 Å². The van der Waals surface area contributed by atoms with Gasteiger partial charge in [-0.05, 0) is 38.0 Å². The van der Waals surface area contributed by atoms with Gasteiger partial charge in [0.1, 0.15) is 5.75 Å². The molecule has 0 aliphatic carbocycles. The van der Waals surface area contributed by atoms with Crippen LogP contribution in [0.3, 0.4) is 0 Å². The van der Waals surface area contributed by atoms with E-state index in [-0.39, 0.29) is 5.75 Å². The Morgan fingerprint density at radius 2 is 1.93 bits per heavy atom. The highest BCUT2D eigenvalue weighted by atomic mass is 16.4. The largest absolute Gasteiger partial charge is 0.508 e. The third-order valence-corrected chi connectivity index (χ3v) is 2.51. The van der Waals surface area contributed by atoms with Gasteiger partial charge in [-0.1, -0.05) is 12.1 Å². The lowest BCUT2D eigenvalue weighted by atomic mass is 9.82. The van der Waals surface area contributed by atoms with E-state index >= 15 is 0 Å². The molecule has 1 aromatic carbocycles. The maximum atomic E-state index is 11.0. The van der Waals surface area contributed by atoms with Crippen molar-refractivity contribution >= 4 is 5.97 Å². The number of carboxylic acid groups (broad SMARTS) is 1. The van der Waals surface area contributed by atoms with Crippen LogP contribution in [0.1, 0.15) is 25.0 Å². The predicted octanol–water partition coefficient (Wildman–Crippen LogP) is 2.06. The summed E-state index contributed by atoms with van der Waals surface area (Å²) in [5.41, 5.74) is 0.299. The minimum Gasteiger partial charge on any atom is -0.508 e. The Morgan fingerprint density at radius 3 is 2.43 bits per heavy atom. The molecule has 0 aromatic heterocycles. The zero-order valence-electron chi connectivity index (χ0n) is 8.53. The maximum absolute atomic E-state index is 11.0. The fourth-order valence-corrected chi connectivity index (χ4v) is 1.42. The number of benzene rings is 1. The maximum Gasteiger partial charge on any atom is 0.313 e. The van der Waals surface area contributed by atoms with E-state index in [1.54, 1.807) is 39.0 Å². The first-order chi connectivity index (χ1) is 6.37. The molecule has 0 aliphatic heterocycles. The van der Waals surface area contributed by atoms with Gasteiger partial charge in [0, 0.05) is 0 Å². The van der Waals surface area contributed by atoms with Crippen molar-refractivity contribution < 1.29 is 15.0 Å². The van der Waals surface area contributed by atoms with Crippen LogP contribution in [0, 0.1) is 6.92 Å². The van der Waals surface area contributed by atoms with Crippen LogP contribution in [0.2, 0.25) is 0 Å². The van der Waals surface area contributed by atoms with Crippen molar-refractivity contribution in [3.05, 3.63) is 29.3 Å². The van der Waals surface area contributed by atoms with Gasteiger partial charge < -0.3 is 10.2 Å². The van der Waals surface area contributed by atoms with Crippen molar-refractivity contribution in [2.45, 2.75) is 26.2 Å². The lowest BCUT2D eigenvalue weighted by molar-refractivity contribution is -0.142. The van der Waals surface area contributed by atoms with E-state index in [0.29, 0.717) is 11.1 Å². The summed E-state index contributed by atoms with van der Waals surface area (Å²) in [6.45, 7) is 4.96. The van der Waals surface area contributed by atoms with Gasteiger partial charge in [0.25, 0.3) is 0 Å². The lowest BCUT2D eigenvalue weighted by Gasteiger charge is -2.22. The van der Waals surface area contributed by atoms with E-state index in [0.717, 1.165) is 0 Å². The molecule has 0 unspecified atom stereocenters. The third kappa shape index (κ3) is 1.58. The Bertz CT molecular complexity index is 367. The second-order valence-corrected chi connectivity index (χ2v) is 3.88. The van der Waals surface area contributed by atoms with E-state index < -0.39 is 11.4 Å². The molecule has 1 aromatic rings. The monoisotopic (exact) mass is 194 g/mol. The Balaban J connectivity index is 3.33. The fourth-order valence-electron chi connectivity index (χ4n) is 1.42. The number of hydrogen-bond acceptors (Lipinski definition) is 2. The molecule has 0 atom stereocenters. The molecule has 76 valence electrons. The standard InChI is InChI=1S/C11H14O3/c1-7-8(5-4-6-9(7)12)11(2,3)10(13)14/h4-6,12H,1-3H3,(H,13,14). The van der Waals surface area contributed by atoms with Gasteiger partial charge in [0.15, 0.2) is 0 Å². The van der Waals surface area contributed by atoms with Crippen molar-refractivity contribution in [3.63, 3.8) is 0 Å². The second-order valence-electron chi connectivity index (χ2n) is 3.88. The Morgan fingerprint density at radius 1 is 1.36 bits per heavy atom. The molecule has 2 N–H and O–H groups in total. The van der Waals surface area contributed by atoms with Gasteiger partial charge in [0.2, 0.25) is 0 Å². The van der Waals surface area contributed by atoms with Gasteiger partial charge in [0.05, 0.1) is 5.41 Å². The first kappa shape index (κ1) is 10.6. The van der Waals surface area contributed by atoms with Gasteiger partial charge in [-0.25, -0.2) is 0 Å². The number of aliphatic carboxylic acids is 1. The van der Waals surface area contributed by atoms with Crippen molar-refractivity contribution in [2.24, 2.45) is 0 Å². The minimum atomic E-state index is -0.969. The van der Waals surface area contributed by atoms with Crippen LogP contribution >= 0.6 is 0 Å². The van der Waals surface area contributed by atoms with Crippen LogP contribution in [0.25, 0.3) is 0 Å². The molecule has 0 radical (unpaired) electrons. The summed E-state index contributed by atoms with van der Waals surface area (Å²) in [5, 5.41) is 18.5. The number of phenolic OH excluding ortho intramolecular Hbond substituents is 1. The molecular formula is C11H14O3. The van der Waals surface area contributed by atoms with Crippen molar-refractivity contribution in [1.82, 2.24) is 0 Å². The smallest absolute Gasteiger partial charge is 0.313 e. The van der Waals surface area contributed by atoms with E-state index in [2.05, 4.69) is 0 Å². The van der Waals surface area contributed by atoms with E-state index in [9.17, 15) is 9.90 Å². The molecule has 0 saturated carbocycles. The van der Waals surface area contributed by atoms with Gasteiger partial charge in [-0.2, -0.15) is 0 Å². The molecule has 0 aliphatic rings. The van der Waals surface area contributed by atoms with Crippen molar-refractivity contribution in [3.8, 4) is 5.75 Å². The molecule has 1 rings (SSSR count). The highest BCUT2D eigenvalue weighted by Crippen LogP contribution is 2.30. The quantitative estimate of drug-likeness (QED) is 0.757. The van der Waals surface area contributed by atoms with Gasteiger partial charge >= 0.3 is 5.97 Å². The highest BCUT2D eigenvalue weighted by molar-refractivity contribution is 5.81. The SMILES string of the molecule is Cc1c(O)cccc1C(C)(C)C(=O)O. The molecule has 0 fully saturated rings. The molecular weight excluding hydrogens is 180 g/mol. The van der Waals surface area contributed by atoms with Crippen LogP contribution in [0.4, 0.5) is 0 Å². The second kappa shape index (κ2) is 3.33. The van der Waals surface area contributed by atoms with E-state index in [1.807, 2.05) is 0 Å². The van der Waals surface area contributed by atoms with Crippen LogP contribution in [0.5, 0.6) is 5.75 Å². The fraction of sp³-hybridized carbons (Fsp3) is 0.364. The minimum absolute atomic E-state index is 0.136. The molecule has 0 bridgehead atoms. The number of carbonyl (C=O) groups is 1. The Kier molecular flexibility index (Phi) is 2.51. The van der Waals surface area contributed by atoms with Gasteiger partial charge in [-0.3, -0.25) is 4.79 Å². The number of aromatic hydroxyl groups is 1. The highest BCUT2D eigenvalue weighted by Gasteiger charge is 2.31. The first-order valence-electron chi connectivity index (χ1n) is 4.40. The summed E-state index contributed by atoms with van der Waals surface area (Å²) in [6.07, 6.45) is 0. The predicted molar refractivity (Wildman–Crippen MR) is 53.5 cm³/mol. The van der Waals surface area contributed by atoms with E-state index in [1.165, 1.54) is 0 Å². The van der Waals surface area contributed by atoms with Crippen LogP contribution in [-0.4, -0.2) is 16.2 Å². The van der Waals surface area contributed by atoms with Crippen molar-refractivity contribution in [1.29, 1.82) is 0 Å². The van der Waals surface area contributed by atoms with Gasteiger partial charge in [-0.15, -0.1) is 0 Å². The summed E-state index contributed by atoms with van der Waals surface area (Å²) < 4.78 is 0. The summed E-state index contributed by atoms with van der Waals surface area (Å²) in [7, 11) is 0. The summed E-state index contributed by atoms with van der Waals surface area (Å²) in [4.78, 5) is 11.0.